The molecule has 1 fully saturated rings. The summed E-state index contributed by atoms with van der Waals surface area (Å²) in [4.78, 5) is 13.9. The molecular weight excluding hydrogens is 424 g/mol. The largest absolute Gasteiger partial charge is 0.379 e. The van der Waals surface area contributed by atoms with Crippen LogP contribution in [0.5, 0.6) is 0 Å². The first-order chi connectivity index (χ1) is 13.0. The van der Waals surface area contributed by atoms with Crippen LogP contribution in [0.1, 0.15) is 4.88 Å². The number of halogens is 1. The van der Waals surface area contributed by atoms with Crippen molar-refractivity contribution in [3.8, 4) is 10.4 Å². The maximum atomic E-state index is 12.7. The maximum Gasteiger partial charge on any atom is 0.343 e. The molecule has 0 atom stereocenters. The molecule has 0 amide bonds. The highest BCUT2D eigenvalue weighted by atomic mass is 35.5. The highest BCUT2D eigenvalue weighted by Gasteiger charge is 2.26. The summed E-state index contributed by atoms with van der Waals surface area (Å²) in [5.41, 5.74) is 0.689. The summed E-state index contributed by atoms with van der Waals surface area (Å²) >= 11 is 1.56. The fourth-order valence-corrected chi connectivity index (χ4v) is 5.32. The number of nitrogens with zero attached hydrogens (tertiary/aromatic N) is 3. The number of ether oxygens (including phenoxy) is 1. The third kappa shape index (κ3) is 4.20. The van der Waals surface area contributed by atoms with Gasteiger partial charge in [0.1, 0.15) is 6.33 Å². The predicted molar refractivity (Wildman–Crippen MR) is 109 cm³/mol. The number of thiophene rings is 1. The summed E-state index contributed by atoms with van der Waals surface area (Å²) in [7, 11) is -3.49. The first-order valence-electron chi connectivity index (χ1n) is 8.41. The van der Waals surface area contributed by atoms with Crippen molar-refractivity contribution in [1.82, 2.24) is 19.1 Å². The lowest BCUT2D eigenvalue weighted by Gasteiger charge is -2.26. The lowest BCUT2D eigenvalue weighted by molar-refractivity contribution is 0.0730. The van der Waals surface area contributed by atoms with E-state index in [1.807, 2.05) is 24.3 Å². The van der Waals surface area contributed by atoms with Crippen molar-refractivity contribution in [3.05, 3.63) is 58.1 Å². The van der Waals surface area contributed by atoms with Crippen molar-refractivity contribution >= 4 is 33.8 Å². The summed E-state index contributed by atoms with van der Waals surface area (Å²) in [6.45, 7) is 2.06. The van der Waals surface area contributed by atoms with E-state index in [9.17, 15) is 13.2 Å². The van der Waals surface area contributed by atoms with Gasteiger partial charge >= 0.3 is 5.69 Å². The van der Waals surface area contributed by atoms with E-state index < -0.39 is 10.0 Å². The maximum absolute atomic E-state index is 12.7. The van der Waals surface area contributed by atoms with E-state index >= 15 is 0 Å². The van der Waals surface area contributed by atoms with Crippen molar-refractivity contribution in [2.24, 2.45) is 0 Å². The van der Waals surface area contributed by atoms with Crippen LogP contribution in [0, 0.1) is 0 Å². The minimum Gasteiger partial charge on any atom is -0.379 e. The number of aromatic amines is 1. The summed E-state index contributed by atoms with van der Waals surface area (Å²) in [6, 6.07) is 10.8. The van der Waals surface area contributed by atoms with E-state index in [1.54, 1.807) is 23.5 Å². The molecule has 3 aromatic rings. The molecule has 11 heteroatoms. The normalized spacial score (nSPS) is 15.3. The number of aromatic nitrogens is 3. The fraction of sp³-hybridized carbons (Fsp3) is 0.294. The van der Waals surface area contributed by atoms with E-state index in [4.69, 9.17) is 4.74 Å². The molecule has 0 spiro atoms. The molecule has 0 bridgehead atoms. The molecule has 0 unspecified atom stereocenters. The average molecular weight is 443 g/mol. The number of morpholine rings is 1. The van der Waals surface area contributed by atoms with Gasteiger partial charge in [0.2, 0.25) is 10.0 Å². The molecule has 4 rings (SSSR count). The SMILES string of the molecule is Cl.O=c1[nH]ncn1Cc1ccc(-c2ccc(S(=O)(=O)N3CCOCC3)cc2)s1. The quantitative estimate of drug-likeness (QED) is 0.649. The molecular formula is C17H19ClN4O4S2. The Balaban J connectivity index is 0.00000225. The molecule has 0 aliphatic carbocycles. The van der Waals surface area contributed by atoms with Gasteiger partial charge in [-0.1, -0.05) is 12.1 Å². The molecule has 1 aromatic carbocycles. The molecule has 1 N–H and O–H groups in total. The molecule has 3 heterocycles. The Hall–Kier alpha value is -1.98. The van der Waals surface area contributed by atoms with Crippen LogP contribution in [0.15, 0.2) is 52.4 Å². The molecule has 2 aromatic heterocycles. The molecule has 0 saturated carbocycles. The second-order valence-electron chi connectivity index (χ2n) is 6.10. The second kappa shape index (κ2) is 8.58. The number of hydrogen-bond acceptors (Lipinski definition) is 6. The Morgan fingerprint density at radius 1 is 1.11 bits per heavy atom. The van der Waals surface area contributed by atoms with Gasteiger partial charge in [-0.05, 0) is 29.8 Å². The zero-order valence-corrected chi connectivity index (χ0v) is 17.2. The van der Waals surface area contributed by atoms with Crippen LogP contribution in [0.4, 0.5) is 0 Å². The Labute approximate surface area is 172 Å². The Morgan fingerprint density at radius 2 is 1.82 bits per heavy atom. The molecule has 150 valence electrons. The predicted octanol–water partition coefficient (Wildman–Crippen LogP) is 1.79. The molecule has 0 radical (unpaired) electrons. The van der Waals surface area contributed by atoms with Crippen LogP contribution < -0.4 is 5.69 Å². The minimum atomic E-state index is -3.49. The lowest BCUT2D eigenvalue weighted by Crippen LogP contribution is -2.40. The van der Waals surface area contributed by atoms with Gasteiger partial charge in [0.05, 0.1) is 24.7 Å². The van der Waals surface area contributed by atoms with Gasteiger partial charge in [-0.15, -0.1) is 23.7 Å². The standard InChI is InChI=1S/C17H18N4O4S2.ClH/c22-17-19-18-12-20(17)11-14-3-6-16(26-14)13-1-4-15(5-2-13)27(23,24)21-7-9-25-10-8-21;/h1-6,12H,7-11H2,(H,19,22);1H. The van der Waals surface area contributed by atoms with E-state index in [1.165, 1.54) is 15.2 Å². The van der Waals surface area contributed by atoms with E-state index in [0.717, 1.165) is 15.3 Å². The zero-order valence-electron chi connectivity index (χ0n) is 14.8. The number of nitrogens with one attached hydrogen (secondary N) is 1. The molecule has 1 saturated heterocycles. The van der Waals surface area contributed by atoms with E-state index in [0.29, 0.717) is 32.8 Å². The smallest absolute Gasteiger partial charge is 0.343 e. The van der Waals surface area contributed by atoms with Crippen LogP contribution in [-0.4, -0.2) is 53.8 Å². The van der Waals surface area contributed by atoms with Gasteiger partial charge in [-0.25, -0.2) is 18.3 Å². The van der Waals surface area contributed by atoms with Crippen molar-refractivity contribution in [2.45, 2.75) is 11.4 Å². The van der Waals surface area contributed by atoms with E-state index in [-0.39, 0.29) is 23.0 Å². The summed E-state index contributed by atoms with van der Waals surface area (Å²) in [5, 5.41) is 6.08. The topological polar surface area (TPSA) is 97.3 Å². The van der Waals surface area contributed by atoms with Crippen molar-refractivity contribution in [3.63, 3.8) is 0 Å². The molecule has 1 aliphatic heterocycles. The van der Waals surface area contributed by atoms with Crippen molar-refractivity contribution < 1.29 is 13.2 Å². The van der Waals surface area contributed by atoms with Crippen molar-refractivity contribution in [2.75, 3.05) is 26.3 Å². The zero-order chi connectivity index (χ0) is 18.9. The van der Waals surface area contributed by atoms with Gasteiger partial charge in [0, 0.05) is 22.8 Å². The van der Waals surface area contributed by atoms with Gasteiger partial charge in [-0.3, -0.25) is 4.57 Å². The van der Waals surface area contributed by atoms with Crippen LogP contribution in [0.3, 0.4) is 0 Å². The second-order valence-corrected chi connectivity index (χ2v) is 9.20. The highest BCUT2D eigenvalue weighted by molar-refractivity contribution is 7.89. The van der Waals surface area contributed by atoms with Gasteiger partial charge in [-0.2, -0.15) is 9.40 Å². The average Bonchev–Trinajstić information content (AvgIpc) is 3.32. The fourth-order valence-electron chi connectivity index (χ4n) is 2.90. The Morgan fingerprint density at radius 3 is 2.46 bits per heavy atom. The monoisotopic (exact) mass is 442 g/mol. The molecule has 28 heavy (non-hydrogen) atoms. The molecule has 8 nitrogen and oxygen atoms in total. The first-order valence-corrected chi connectivity index (χ1v) is 10.7. The van der Waals surface area contributed by atoms with Crippen LogP contribution in [-0.2, 0) is 21.3 Å². The lowest BCUT2D eigenvalue weighted by atomic mass is 10.2. The minimum absolute atomic E-state index is 0. The number of sulfonamides is 1. The summed E-state index contributed by atoms with van der Waals surface area (Å²) < 4.78 is 33.5. The Kier molecular flexibility index (Phi) is 6.36. The van der Waals surface area contributed by atoms with Crippen LogP contribution in [0.25, 0.3) is 10.4 Å². The van der Waals surface area contributed by atoms with Crippen LogP contribution >= 0.6 is 23.7 Å². The van der Waals surface area contributed by atoms with E-state index in [2.05, 4.69) is 10.2 Å². The highest BCUT2D eigenvalue weighted by Crippen LogP contribution is 2.29. The van der Waals surface area contributed by atoms with Gasteiger partial charge in [0.25, 0.3) is 0 Å². The number of H-pyrrole nitrogens is 1. The summed E-state index contributed by atoms with van der Waals surface area (Å²) in [5.74, 6) is 0. The number of hydrogen-bond donors (Lipinski definition) is 1. The van der Waals surface area contributed by atoms with Gasteiger partial charge < -0.3 is 4.74 Å². The first kappa shape index (κ1) is 20.7. The van der Waals surface area contributed by atoms with Crippen LogP contribution in [0.2, 0.25) is 0 Å². The van der Waals surface area contributed by atoms with Crippen molar-refractivity contribution in [1.29, 1.82) is 0 Å². The number of benzene rings is 1. The Bertz CT molecular complexity index is 1080. The molecule has 1 aliphatic rings. The number of rotatable bonds is 5. The third-order valence-corrected chi connectivity index (χ3v) is 7.38. The summed E-state index contributed by atoms with van der Waals surface area (Å²) in [6.07, 6.45) is 1.47. The third-order valence-electron chi connectivity index (χ3n) is 4.35. The van der Waals surface area contributed by atoms with Gasteiger partial charge in [0.15, 0.2) is 0 Å².